The van der Waals surface area contributed by atoms with Crippen molar-refractivity contribution in [3.05, 3.63) is 0 Å². The third-order valence-electron chi connectivity index (χ3n) is 1.90. The largest absolute Gasteiger partial charge is 0.465 e. The number of nitrogens with one attached hydrogen (secondary N) is 2. The maximum Gasteiger partial charge on any atom is 0.404 e. The predicted octanol–water partition coefficient (Wildman–Crippen LogP) is 0.252. The molecule has 0 saturated carbocycles. The van der Waals surface area contributed by atoms with E-state index in [-0.39, 0.29) is 6.04 Å². The molecule has 0 spiro atoms. The molecule has 0 aliphatic carbocycles. The third-order valence-corrected chi connectivity index (χ3v) is 1.90. The maximum atomic E-state index is 10.2. The Balaban J connectivity index is 2.28. The van der Waals surface area contributed by atoms with Gasteiger partial charge in [0.05, 0.1) is 0 Å². The van der Waals surface area contributed by atoms with Gasteiger partial charge in [-0.15, -0.1) is 0 Å². The van der Waals surface area contributed by atoms with E-state index >= 15 is 0 Å². The molecule has 0 radical (unpaired) electrons. The van der Waals surface area contributed by atoms with E-state index in [2.05, 4.69) is 17.6 Å². The van der Waals surface area contributed by atoms with Gasteiger partial charge in [0.25, 0.3) is 0 Å². The SMILES string of the molecule is C[C@@H]1CNCC(NC(=O)O)C1. The molecule has 1 amide bonds. The van der Waals surface area contributed by atoms with Crippen molar-refractivity contribution in [1.29, 1.82) is 0 Å². The quantitative estimate of drug-likeness (QED) is 0.512. The Morgan fingerprint density at radius 2 is 2.36 bits per heavy atom. The highest BCUT2D eigenvalue weighted by Crippen LogP contribution is 2.08. The van der Waals surface area contributed by atoms with Crippen LogP contribution in [0, 0.1) is 5.92 Å². The van der Waals surface area contributed by atoms with Crippen molar-refractivity contribution in [3.8, 4) is 0 Å². The van der Waals surface area contributed by atoms with Gasteiger partial charge in [-0.1, -0.05) is 6.92 Å². The molecule has 0 aromatic carbocycles. The van der Waals surface area contributed by atoms with Crippen LogP contribution in [0.2, 0.25) is 0 Å². The second kappa shape index (κ2) is 3.57. The lowest BCUT2D eigenvalue weighted by Gasteiger charge is -2.27. The molecule has 1 aliphatic rings. The summed E-state index contributed by atoms with van der Waals surface area (Å²) < 4.78 is 0. The fraction of sp³-hybridized carbons (Fsp3) is 0.857. The molecule has 0 bridgehead atoms. The highest BCUT2D eigenvalue weighted by molar-refractivity contribution is 5.64. The zero-order valence-corrected chi connectivity index (χ0v) is 6.63. The van der Waals surface area contributed by atoms with Gasteiger partial charge in [0, 0.05) is 12.6 Å². The van der Waals surface area contributed by atoms with Crippen molar-refractivity contribution in [3.63, 3.8) is 0 Å². The van der Waals surface area contributed by atoms with E-state index in [0.29, 0.717) is 5.92 Å². The van der Waals surface area contributed by atoms with Gasteiger partial charge in [0.1, 0.15) is 0 Å². The molecule has 4 heteroatoms. The van der Waals surface area contributed by atoms with Crippen molar-refractivity contribution in [2.45, 2.75) is 19.4 Å². The summed E-state index contributed by atoms with van der Waals surface area (Å²) in [6.45, 7) is 3.87. The molecule has 11 heavy (non-hydrogen) atoms. The minimum Gasteiger partial charge on any atom is -0.465 e. The molecule has 1 unspecified atom stereocenters. The first-order valence-corrected chi connectivity index (χ1v) is 3.88. The number of hydrogen-bond donors (Lipinski definition) is 3. The van der Waals surface area contributed by atoms with Crippen LogP contribution in [0.1, 0.15) is 13.3 Å². The fourth-order valence-electron chi connectivity index (χ4n) is 1.44. The number of hydrogen-bond acceptors (Lipinski definition) is 2. The first-order valence-electron chi connectivity index (χ1n) is 3.88. The Labute approximate surface area is 66.0 Å². The van der Waals surface area contributed by atoms with Gasteiger partial charge in [0.2, 0.25) is 0 Å². The summed E-state index contributed by atoms with van der Waals surface area (Å²) in [4.78, 5) is 10.2. The summed E-state index contributed by atoms with van der Waals surface area (Å²) in [7, 11) is 0. The molecule has 0 aromatic heterocycles. The molecule has 1 fully saturated rings. The minimum absolute atomic E-state index is 0.0937. The molecular weight excluding hydrogens is 144 g/mol. The second-order valence-corrected chi connectivity index (χ2v) is 3.15. The fourth-order valence-corrected chi connectivity index (χ4v) is 1.44. The van der Waals surface area contributed by atoms with Gasteiger partial charge in [-0.3, -0.25) is 0 Å². The van der Waals surface area contributed by atoms with Crippen LogP contribution < -0.4 is 10.6 Å². The van der Waals surface area contributed by atoms with E-state index in [4.69, 9.17) is 5.11 Å². The summed E-state index contributed by atoms with van der Waals surface area (Å²) >= 11 is 0. The van der Waals surface area contributed by atoms with Crippen LogP contribution in [0.15, 0.2) is 0 Å². The van der Waals surface area contributed by atoms with Gasteiger partial charge in [0.15, 0.2) is 0 Å². The minimum atomic E-state index is -0.925. The van der Waals surface area contributed by atoms with Crippen molar-refractivity contribution < 1.29 is 9.90 Å². The summed E-state index contributed by atoms with van der Waals surface area (Å²) in [5.74, 6) is 0.570. The van der Waals surface area contributed by atoms with Crippen LogP contribution >= 0.6 is 0 Å². The topological polar surface area (TPSA) is 61.4 Å². The lowest BCUT2D eigenvalue weighted by atomic mass is 9.98. The Kier molecular flexibility index (Phi) is 2.70. The zero-order chi connectivity index (χ0) is 8.27. The molecule has 4 nitrogen and oxygen atoms in total. The van der Waals surface area contributed by atoms with E-state index < -0.39 is 6.09 Å². The van der Waals surface area contributed by atoms with Crippen LogP contribution in [-0.2, 0) is 0 Å². The molecule has 3 N–H and O–H groups in total. The van der Waals surface area contributed by atoms with Crippen molar-refractivity contribution >= 4 is 6.09 Å². The Morgan fingerprint density at radius 3 is 2.91 bits per heavy atom. The summed E-state index contributed by atoms with van der Waals surface area (Å²) in [5, 5.41) is 14.0. The Bertz CT molecular complexity index is 149. The highest BCUT2D eigenvalue weighted by Gasteiger charge is 2.19. The maximum absolute atomic E-state index is 10.2. The third kappa shape index (κ3) is 2.76. The molecule has 1 aliphatic heterocycles. The molecule has 1 heterocycles. The van der Waals surface area contributed by atoms with Gasteiger partial charge in [-0.25, -0.2) is 4.79 Å². The van der Waals surface area contributed by atoms with Crippen LogP contribution in [0.4, 0.5) is 4.79 Å². The first-order chi connectivity index (χ1) is 5.18. The normalized spacial score (nSPS) is 31.4. The number of rotatable bonds is 1. The smallest absolute Gasteiger partial charge is 0.404 e. The van der Waals surface area contributed by atoms with Gasteiger partial charge < -0.3 is 15.7 Å². The summed E-state index contributed by atoms with van der Waals surface area (Å²) in [6.07, 6.45) is 0.0187. The van der Waals surface area contributed by atoms with Crippen molar-refractivity contribution in [1.82, 2.24) is 10.6 Å². The number of carboxylic acid groups (broad SMARTS) is 1. The average Bonchev–Trinajstić information content (AvgIpc) is 1.85. The predicted molar refractivity (Wildman–Crippen MR) is 41.6 cm³/mol. The molecule has 1 saturated heterocycles. The van der Waals surface area contributed by atoms with Crippen molar-refractivity contribution in [2.24, 2.45) is 5.92 Å². The van der Waals surface area contributed by atoms with Gasteiger partial charge in [-0.2, -0.15) is 0 Å². The van der Waals surface area contributed by atoms with E-state index in [1.165, 1.54) is 0 Å². The number of piperidine rings is 1. The van der Waals surface area contributed by atoms with Crippen molar-refractivity contribution in [2.75, 3.05) is 13.1 Å². The molecule has 64 valence electrons. The number of carbonyl (C=O) groups is 1. The van der Waals surface area contributed by atoms with E-state index in [9.17, 15) is 4.79 Å². The standard InChI is InChI=1S/C7H14N2O2/c1-5-2-6(4-8-3-5)9-7(10)11/h5-6,8-9H,2-4H2,1H3,(H,10,11)/t5-,6?/m0/s1. The first kappa shape index (κ1) is 8.33. The molecular formula is C7H14N2O2. The van der Waals surface area contributed by atoms with Crippen LogP contribution in [-0.4, -0.2) is 30.3 Å². The van der Waals surface area contributed by atoms with Gasteiger partial charge in [-0.05, 0) is 18.9 Å². The Morgan fingerprint density at radius 1 is 1.64 bits per heavy atom. The van der Waals surface area contributed by atoms with Crippen LogP contribution in [0.5, 0.6) is 0 Å². The van der Waals surface area contributed by atoms with Crippen LogP contribution in [0.3, 0.4) is 0 Å². The lowest BCUT2D eigenvalue weighted by Crippen LogP contribution is -2.47. The van der Waals surface area contributed by atoms with Crippen LogP contribution in [0.25, 0.3) is 0 Å². The molecule has 2 atom stereocenters. The van der Waals surface area contributed by atoms with E-state index in [0.717, 1.165) is 19.5 Å². The molecule has 1 rings (SSSR count). The highest BCUT2D eigenvalue weighted by atomic mass is 16.4. The number of amides is 1. The summed E-state index contributed by atoms with van der Waals surface area (Å²) in [6, 6.07) is 0.0937. The Hall–Kier alpha value is -0.770. The molecule has 0 aromatic rings. The van der Waals surface area contributed by atoms with Gasteiger partial charge >= 0.3 is 6.09 Å². The second-order valence-electron chi connectivity index (χ2n) is 3.15. The van der Waals surface area contributed by atoms with E-state index in [1.54, 1.807) is 0 Å². The zero-order valence-electron chi connectivity index (χ0n) is 6.63. The van der Waals surface area contributed by atoms with E-state index in [1.807, 2.05) is 0 Å². The monoisotopic (exact) mass is 158 g/mol. The summed E-state index contributed by atoms with van der Waals surface area (Å²) in [5.41, 5.74) is 0. The lowest BCUT2D eigenvalue weighted by molar-refractivity contribution is 0.184. The average molecular weight is 158 g/mol.